The monoisotopic (exact) mass is 164 g/mol. The molecule has 0 atom stereocenters. The Morgan fingerprint density at radius 3 is 3.42 bits per heavy atom. The largest absolute Gasteiger partial charge is 0.362 e. The fourth-order valence-corrected chi connectivity index (χ4v) is 1.03. The molecule has 1 aliphatic rings. The Labute approximate surface area is 68.4 Å². The van der Waals surface area contributed by atoms with E-state index in [1.165, 1.54) is 11.2 Å². The van der Waals surface area contributed by atoms with Crippen molar-refractivity contribution in [1.82, 2.24) is 9.97 Å². The molecule has 0 saturated carbocycles. The number of aromatic nitrogens is 2. The number of rotatable bonds is 0. The van der Waals surface area contributed by atoms with Crippen molar-refractivity contribution < 1.29 is 4.79 Å². The van der Waals surface area contributed by atoms with Gasteiger partial charge in [0.05, 0.1) is 6.67 Å². The summed E-state index contributed by atoms with van der Waals surface area (Å²) in [7, 11) is 0. The van der Waals surface area contributed by atoms with Gasteiger partial charge in [-0.15, -0.1) is 0 Å². The van der Waals surface area contributed by atoms with E-state index < -0.39 is 6.03 Å². The van der Waals surface area contributed by atoms with E-state index >= 15 is 0 Å². The predicted molar refractivity (Wildman–Crippen MR) is 41.4 cm³/mol. The van der Waals surface area contributed by atoms with E-state index in [0.717, 1.165) is 0 Å². The maximum absolute atomic E-state index is 10.8. The van der Waals surface area contributed by atoms with Gasteiger partial charge in [-0.05, 0) is 0 Å². The zero-order valence-electron chi connectivity index (χ0n) is 6.11. The lowest BCUT2D eigenvalue weighted by molar-refractivity contribution is 0.254. The third kappa shape index (κ3) is 0.849. The quantitative estimate of drug-likeness (QED) is 0.543. The maximum Gasteiger partial charge on any atom is 0.322 e. The molecule has 1 aromatic heterocycles. The average molecular weight is 164 g/mol. The van der Waals surface area contributed by atoms with Crippen molar-refractivity contribution in [3.8, 4) is 0 Å². The highest BCUT2D eigenvalue weighted by Crippen LogP contribution is 2.25. The number of nitrogens with two attached hydrogens (primary N) is 1. The topological polar surface area (TPSA) is 84.1 Å². The van der Waals surface area contributed by atoms with Crippen molar-refractivity contribution in [2.45, 2.75) is 0 Å². The molecule has 0 bridgehead atoms. The van der Waals surface area contributed by atoms with E-state index in [9.17, 15) is 4.79 Å². The number of anilines is 2. The number of hydrogen-bond donors (Lipinski definition) is 2. The van der Waals surface area contributed by atoms with Crippen molar-refractivity contribution in [3.63, 3.8) is 0 Å². The first-order chi connectivity index (χ1) is 5.79. The van der Waals surface area contributed by atoms with Gasteiger partial charge in [0.1, 0.15) is 18.2 Å². The highest BCUT2D eigenvalue weighted by atomic mass is 16.2. The Bertz CT molecular complexity index is 325. The highest BCUT2D eigenvalue weighted by Gasteiger charge is 2.23. The van der Waals surface area contributed by atoms with Crippen LogP contribution in [0.4, 0.5) is 16.3 Å². The van der Waals surface area contributed by atoms with Gasteiger partial charge < -0.3 is 11.1 Å². The van der Waals surface area contributed by atoms with E-state index in [-0.39, 0.29) is 0 Å². The first-order valence-corrected chi connectivity index (χ1v) is 3.32. The summed E-state index contributed by atoms with van der Waals surface area (Å²) in [4.78, 5) is 19.7. The fourth-order valence-electron chi connectivity index (χ4n) is 1.03. The minimum atomic E-state index is -0.534. The number of nitrogens with one attached hydrogen (secondary N) is 1. The van der Waals surface area contributed by atoms with Gasteiger partial charge in [-0.2, -0.15) is 0 Å². The number of carbonyl (C=O) groups excluding carboxylic acids is 1. The van der Waals surface area contributed by atoms with E-state index in [2.05, 4.69) is 21.5 Å². The zero-order valence-corrected chi connectivity index (χ0v) is 6.11. The predicted octanol–water partition coefficient (Wildman–Crippen LogP) is -0.455. The summed E-state index contributed by atoms with van der Waals surface area (Å²) in [6, 6.07) is -0.534. The van der Waals surface area contributed by atoms with Gasteiger partial charge in [0.2, 0.25) is 0 Å². The Morgan fingerprint density at radius 1 is 1.83 bits per heavy atom. The van der Waals surface area contributed by atoms with Crippen LogP contribution in [0.15, 0.2) is 6.33 Å². The average Bonchev–Trinajstić information content (AvgIpc) is 2.47. The Hall–Kier alpha value is -1.85. The number of hydrogen-bond acceptors (Lipinski definition) is 4. The third-order valence-electron chi connectivity index (χ3n) is 1.57. The molecular weight excluding hydrogens is 158 g/mol. The van der Waals surface area contributed by atoms with E-state index in [1.807, 2.05) is 0 Å². The summed E-state index contributed by atoms with van der Waals surface area (Å²) in [6.07, 6.45) is 3.98. The number of nitrogens with zero attached hydrogens (tertiary/aromatic N) is 3. The molecule has 0 aliphatic carbocycles. The molecule has 1 aromatic rings. The van der Waals surface area contributed by atoms with Crippen molar-refractivity contribution in [1.29, 1.82) is 0 Å². The second kappa shape index (κ2) is 2.33. The van der Waals surface area contributed by atoms with Crippen LogP contribution in [-0.2, 0) is 0 Å². The molecule has 2 amide bonds. The van der Waals surface area contributed by atoms with Crippen LogP contribution < -0.4 is 16.0 Å². The number of primary amides is 1. The van der Waals surface area contributed by atoms with Crippen LogP contribution in [0.2, 0.25) is 0 Å². The molecule has 12 heavy (non-hydrogen) atoms. The molecule has 2 rings (SSSR count). The van der Waals surface area contributed by atoms with Crippen molar-refractivity contribution in [2.24, 2.45) is 5.73 Å². The third-order valence-corrected chi connectivity index (χ3v) is 1.57. The number of amides is 2. The molecule has 0 aromatic carbocycles. The summed E-state index contributed by atoms with van der Waals surface area (Å²) in [5, 5.41) is 2.88. The number of carbonyl (C=O) groups is 1. The molecule has 0 unspecified atom stereocenters. The molecular formula is C6H6N5O. The van der Waals surface area contributed by atoms with Crippen LogP contribution in [-0.4, -0.2) is 22.7 Å². The lowest BCUT2D eigenvalue weighted by Gasteiger charge is -2.09. The standard InChI is InChI=1S/C6H6N5O/c7-6(12)11-3-10-4-1-8-2-9-5(4)11/h2,10H,3H2,(H2,7,12). The van der Waals surface area contributed by atoms with Gasteiger partial charge in [-0.3, -0.25) is 4.90 Å². The molecule has 2 heterocycles. The summed E-state index contributed by atoms with van der Waals surface area (Å²) in [6.45, 7) is 0.333. The molecule has 1 radical (unpaired) electrons. The normalized spacial score (nSPS) is 13.8. The van der Waals surface area contributed by atoms with Crippen LogP contribution in [0.25, 0.3) is 0 Å². The highest BCUT2D eigenvalue weighted by molar-refractivity contribution is 5.95. The molecule has 6 heteroatoms. The molecule has 3 N–H and O–H groups in total. The first kappa shape index (κ1) is 6.84. The fraction of sp³-hybridized carbons (Fsp3) is 0.167. The van der Waals surface area contributed by atoms with Gasteiger partial charge in [-0.25, -0.2) is 14.8 Å². The lowest BCUT2D eigenvalue weighted by atomic mass is 10.5. The summed E-state index contributed by atoms with van der Waals surface area (Å²) in [5.74, 6) is 0.484. The SMILES string of the molecule is NC(=O)N1CNc2[c]ncnc21. The van der Waals surface area contributed by atoms with Gasteiger partial charge >= 0.3 is 6.03 Å². The smallest absolute Gasteiger partial charge is 0.322 e. The molecule has 6 nitrogen and oxygen atoms in total. The Morgan fingerprint density at radius 2 is 2.67 bits per heavy atom. The summed E-state index contributed by atoms with van der Waals surface area (Å²) >= 11 is 0. The van der Waals surface area contributed by atoms with Crippen molar-refractivity contribution >= 4 is 17.5 Å². The molecule has 0 spiro atoms. The van der Waals surface area contributed by atoms with E-state index in [0.29, 0.717) is 18.2 Å². The number of fused-ring (bicyclic) bond motifs is 1. The van der Waals surface area contributed by atoms with Gasteiger partial charge in [0.15, 0.2) is 5.82 Å². The lowest BCUT2D eigenvalue weighted by Crippen LogP contribution is -2.35. The molecule has 0 fully saturated rings. The minimum absolute atomic E-state index is 0.333. The second-order valence-electron chi connectivity index (χ2n) is 2.29. The summed E-state index contributed by atoms with van der Waals surface area (Å²) in [5.41, 5.74) is 5.69. The van der Waals surface area contributed by atoms with Gasteiger partial charge in [-0.1, -0.05) is 0 Å². The number of urea groups is 1. The molecule has 1 aliphatic heterocycles. The van der Waals surface area contributed by atoms with Gasteiger partial charge in [0, 0.05) is 0 Å². The first-order valence-electron chi connectivity index (χ1n) is 3.32. The van der Waals surface area contributed by atoms with Crippen LogP contribution in [0.3, 0.4) is 0 Å². The Balaban J connectivity index is 2.42. The molecule has 0 saturated heterocycles. The second-order valence-corrected chi connectivity index (χ2v) is 2.29. The van der Waals surface area contributed by atoms with Gasteiger partial charge in [0.25, 0.3) is 0 Å². The molecule has 61 valence electrons. The van der Waals surface area contributed by atoms with E-state index in [1.54, 1.807) is 0 Å². The summed E-state index contributed by atoms with van der Waals surface area (Å²) < 4.78 is 0. The minimum Gasteiger partial charge on any atom is -0.362 e. The van der Waals surface area contributed by atoms with Crippen LogP contribution >= 0.6 is 0 Å². The van der Waals surface area contributed by atoms with Crippen LogP contribution in [0.5, 0.6) is 0 Å². The Kier molecular flexibility index (Phi) is 1.33. The van der Waals surface area contributed by atoms with Crippen molar-refractivity contribution in [2.75, 3.05) is 16.9 Å². The zero-order chi connectivity index (χ0) is 8.55. The van der Waals surface area contributed by atoms with Crippen LogP contribution in [0, 0.1) is 6.20 Å². The maximum atomic E-state index is 10.8. The van der Waals surface area contributed by atoms with Crippen molar-refractivity contribution in [3.05, 3.63) is 12.5 Å². The van der Waals surface area contributed by atoms with E-state index in [4.69, 9.17) is 5.73 Å². The van der Waals surface area contributed by atoms with Crippen LogP contribution in [0.1, 0.15) is 0 Å².